The van der Waals surface area contributed by atoms with Gasteiger partial charge in [-0.05, 0) is 49.6 Å². The van der Waals surface area contributed by atoms with Crippen molar-refractivity contribution in [3.63, 3.8) is 0 Å². The highest BCUT2D eigenvalue weighted by Gasteiger charge is 2.31. The Morgan fingerprint density at radius 1 is 1.25 bits per heavy atom. The Hall–Kier alpha value is -0.770. The van der Waals surface area contributed by atoms with Crippen LogP contribution in [0.15, 0.2) is 18.2 Å². The van der Waals surface area contributed by atoms with Crippen LogP contribution in [-0.4, -0.2) is 42.7 Å². The van der Waals surface area contributed by atoms with Crippen molar-refractivity contribution in [1.29, 1.82) is 0 Å². The van der Waals surface area contributed by atoms with Gasteiger partial charge in [0.05, 0.1) is 0 Å². The number of rotatable bonds is 2. The van der Waals surface area contributed by atoms with Crippen molar-refractivity contribution in [2.75, 3.05) is 19.6 Å². The minimum Gasteiger partial charge on any atom is -0.488 e. The molecule has 0 aliphatic carbocycles. The van der Waals surface area contributed by atoms with Gasteiger partial charge in [-0.1, -0.05) is 11.6 Å². The van der Waals surface area contributed by atoms with Crippen LogP contribution in [0.1, 0.15) is 24.8 Å². The van der Waals surface area contributed by atoms with Gasteiger partial charge in [-0.3, -0.25) is 4.90 Å². The number of nitrogens with one attached hydrogen (secondary N) is 1. The molecule has 3 aliphatic heterocycles. The summed E-state index contributed by atoms with van der Waals surface area (Å²) < 4.78 is 6.06. The number of halogens is 1. The third kappa shape index (κ3) is 2.54. The molecular formula is C16H21ClN2O. The topological polar surface area (TPSA) is 24.5 Å². The van der Waals surface area contributed by atoms with Crippen LogP contribution in [-0.2, 0) is 6.42 Å². The molecule has 0 radical (unpaired) electrons. The third-order valence-electron chi connectivity index (χ3n) is 4.83. The SMILES string of the molecule is Clc1ccc2c(c1)CC(CN1CCC3CCC(C1)N3)O2. The van der Waals surface area contributed by atoms with E-state index in [1.54, 1.807) is 0 Å². The van der Waals surface area contributed by atoms with Gasteiger partial charge >= 0.3 is 0 Å². The summed E-state index contributed by atoms with van der Waals surface area (Å²) in [6.07, 6.45) is 5.26. The van der Waals surface area contributed by atoms with Gasteiger partial charge in [0.15, 0.2) is 0 Å². The molecule has 3 nitrogen and oxygen atoms in total. The summed E-state index contributed by atoms with van der Waals surface area (Å²) in [6.45, 7) is 3.41. The minimum atomic E-state index is 0.292. The second-order valence-electron chi connectivity index (χ2n) is 6.38. The van der Waals surface area contributed by atoms with Gasteiger partial charge in [-0.15, -0.1) is 0 Å². The van der Waals surface area contributed by atoms with E-state index >= 15 is 0 Å². The van der Waals surface area contributed by atoms with Crippen LogP contribution >= 0.6 is 11.6 Å². The van der Waals surface area contributed by atoms with Crippen molar-refractivity contribution >= 4 is 11.6 Å². The molecule has 3 unspecified atom stereocenters. The zero-order valence-electron chi connectivity index (χ0n) is 11.6. The van der Waals surface area contributed by atoms with Crippen LogP contribution in [0.4, 0.5) is 0 Å². The maximum atomic E-state index is 6.06. The predicted molar refractivity (Wildman–Crippen MR) is 80.6 cm³/mol. The highest BCUT2D eigenvalue weighted by atomic mass is 35.5. The van der Waals surface area contributed by atoms with E-state index in [9.17, 15) is 0 Å². The van der Waals surface area contributed by atoms with E-state index in [4.69, 9.17) is 16.3 Å². The lowest BCUT2D eigenvalue weighted by atomic mass is 10.1. The molecule has 108 valence electrons. The molecule has 3 aliphatic rings. The summed E-state index contributed by atoms with van der Waals surface area (Å²) >= 11 is 6.05. The molecule has 0 amide bonds. The molecule has 3 atom stereocenters. The molecule has 3 heterocycles. The first-order chi connectivity index (χ1) is 9.76. The number of fused-ring (bicyclic) bond motifs is 3. The summed E-state index contributed by atoms with van der Waals surface area (Å²) in [6, 6.07) is 7.41. The molecular weight excluding hydrogens is 272 g/mol. The standard InChI is InChI=1S/C16H21ClN2O/c17-12-1-4-16-11(7-12)8-15(20-16)10-19-6-5-13-2-3-14(9-19)18-13/h1,4,7,13-15,18H,2-3,5-6,8-10H2. The van der Waals surface area contributed by atoms with Crippen LogP contribution in [0.2, 0.25) is 5.02 Å². The number of hydrogen-bond acceptors (Lipinski definition) is 3. The summed E-state index contributed by atoms with van der Waals surface area (Å²) in [7, 11) is 0. The van der Waals surface area contributed by atoms with E-state index in [0.29, 0.717) is 12.1 Å². The number of nitrogens with zero attached hydrogens (tertiary/aromatic N) is 1. The van der Waals surface area contributed by atoms with E-state index in [1.165, 1.54) is 37.9 Å². The van der Waals surface area contributed by atoms with Crippen molar-refractivity contribution in [3.05, 3.63) is 28.8 Å². The van der Waals surface area contributed by atoms with E-state index < -0.39 is 0 Å². The molecule has 0 spiro atoms. The van der Waals surface area contributed by atoms with Crippen molar-refractivity contribution in [2.24, 2.45) is 0 Å². The lowest BCUT2D eigenvalue weighted by Crippen LogP contribution is -2.40. The molecule has 2 fully saturated rings. The Balaban J connectivity index is 1.39. The average Bonchev–Trinajstić information content (AvgIpc) is 2.95. The fourth-order valence-corrected chi connectivity index (χ4v) is 4.05. The maximum absolute atomic E-state index is 6.06. The monoisotopic (exact) mass is 292 g/mol. The average molecular weight is 293 g/mol. The highest BCUT2D eigenvalue weighted by molar-refractivity contribution is 6.30. The van der Waals surface area contributed by atoms with Crippen molar-refractivity contribution in [1.82, 2.24) is 10.2 Å². The number of hydrogen-bond donors (Lipinski definition) is 1. The smallest absolute Gasteiger partial charge is 0.123 e. The van der Waals surface area contributed by atoms with Crippen LogP contribution < -0.4 is 10.1 Å². The number of benzene rings is 1. The van der Waals surface area contributed by atoms with Crippen LogP contribution in [0.25, 0.3) is 0 Å². The van der Waals surface area contributed by atoms with Crippen LogP contribution in [0.5, 0.6) is 5.75 Å². The van der Waals surface area contributed by atoms with E-state index in [1.807, 2.05) is 18.2 Å². The summed E-state index contributed by atoms with van der Waals surface area (Å²) in [5, 5.41) is 4.54. The Morgan fingerprint density at radius 3 is 3.10 bits per heavy atom. The summed E-state index contributed by atoms with van der Waals surface area (Å²) in [5.74, 6) is 1.02. The predicted octanol–water partition coefficient (Wildman–Crippen LogP) is 2.47. The summed E-state index contributed by atoms with van der Waals surface area (Å²) in [5.41, 5.74) is 1.26. The zero-order valence-corrected chi connectivity index (χ0v) is 12.4. The van der Waals surface area contributed by atoms with Crippen molar-refractivity contribution < 1.29 is 4.74 Å². The van der Waals surface area contributed by atoms with E-state index in [-0.39, 0.29) is 0 Å². The molecule has 1 aromatic rings. The molecule has 1 aromatic carbocycles. The van der Waals surface area contributed by atoms with Gasteiger partial charge in [-0.25, -0.2) is 0 Å². The largest absolute Gasteiger partial charge is 0.488 e. The van der Waals surface area contributed by atoms with Gasteiger partial charge in [0.2, 0.25) is 0 Å². The van der Waals surface area contributed by atoms with Crippen molar-refractivity contribution in [2.45, 2.75) is 43.9 Å². The normalized spacial score (nSPS) is 32.8. The van der Waals surface area contributed by atoms with E-state index in [0.717, 1.165) is 29.8 Å². The van der Waals surface area contributed by atoms with Gasteiger partial charge < -0.3 is 10.1 Å². The molecule has 2 saturated heterocycles. The second-order valence-corrected chi connectivity index (χ2v) is 6.82. The van der Waals surface area contributed by atoms with Gasteiger partial charge in [-0.2, -0.15) is 0 Å². The number of likely N-dealkylation sites (tertiary alicyclic amines) is 1. The van der Waals surface area contributed by atoms with Gasteiger partial charge in [0.25, 0.3) is 0 Å². The number of ether oxygens (including phenoxy) is 1. The Labute approximate surface area is 125 Å². The lowest BCUT2D eigenvalue weighted by Gasteiger charge is -2.26. The third-order valence-corrected chi connectivity index (χ3v) is 5.07. The van der Waals surface area contributed by atoms with E-state index in [2.05, 4.69) is 10.2 Å². The minimum absolute atomic E-state index is 0.292. The fraction of sp³-hybridized carbons (Fsp3) is 0.625. The first-order valence-corrected chi connectivity index (χ1v) is 8.07. The summed E-state index contributed by atoms with van der Waals surface area (Å²) in [4.78, 5) is 2.58. The Kier molecular flexibility index (Phi) is 3.37. The molecule has 4 heteroatoms. The second kappa shape index (κ2) is 5.21. The molecule has 0 saturated carbocycles. The van der Waals surface area contributed by atoms with Crippen LogP contribution in [0, 0.1) is 0 Å². The molecule has 0 aromatic heterocycles. The Bertz CT molecular complexity index is 507. The van der Waals surface area contributed by atoms with Gasteiger partial charge in [0.1, 0.15) is 11.9 Å². The maximum Gasteiger partial charge on any atom is 0.123 e. The highest BCUT2D eigenvalue weighted by Crippen LogP contribution is 2.31. The fourth-order valence-electron chi connectivity index (χ4n) is 3.86. The van der Waals surface area contributed by atoms with Crippen molar-refractivity contribution in [3.8, 4) is 5.75 Å². The molecule has 1 N–H and O–H groups in total. The molecule has 4 rings (SSSR count). The lowest BCUT2D eigenvalue weighted by molar-refractivity contribution is 0.146. The molecule has 2 bridgehead atoms. The Morgan fingerprint density at radius 2 is 2.15 bits per heavy atom. The quantitative estimate of drug-likeness (QED) is 0.906. The van der Waals surface area contributed by atoms with Crippen LogP contribution in [0.3, 0.4) is 0 Å². The molecule has 20 heavy (non-hydrogen) atoms. The first-order valence-electron chi connectivity index (χ1n) is 7.70. The zero-order chi connectivity index (χ0) is 13.5. The first kappa shape index (κ1) is 12.9. The van der Waals surface area contributed by atoms with Gasteiger partial charge in [0, 0.05) is 36.6 Å².